The van der Waals surface area contributed by atoms with E-state index in [9.17, 15) is 8.60 Å². The molecule has 3 aromatic rings. The van der Waals surface area contributed by atoms with Gasteiger partial charge in [-0.25, -0.2) is 13.6 Å². The Bertz CT molecular complexity index is 1140. The average molecular weight is 432 g/mol. The van der Waals surface area contributed by atoms with Crippen molar-refractivity contribution in [2.24, 2.45) is 10.7 Å². The predicted octanol–water partition coefficient (Wildman–Crippen LogP) is 3.45. The molecule has 3 heterocycles. The SMILES string of the molecule is CN1C(N)=NC(c2sc(-c3cccc(-c4nnc(C5CC5)o4)c3)cc2F)CS1=O. The largest absolute Gasteiger partial charge is 0.420 e. The molecule has 0 amide bonds. The second kappa shape index (κ2) is 7.03. The van der Waals surface area contributed by atoms with Crippen molar-refractivity contribution < 1.29 is 13.0 Å². The Morgan fingerprint density at radius 3 is 2.83 bits per heavy atom. The highest BCUT2D eigenvalue weighted by Crippen LogP contribution is 2.41. The number of benzene rings is 1. The maximum atomic E-state index is 14.7. The summed E-state index contributed by atoms with van der Waals surface area (Å²) in [4.78, 5) is 5.49. The third-order valence-corrected chi connectivity index (χ3v) is 7.65. The Hall–Kier alpha value is -2.59. The first-order valence-corrected chi connectivity index (χ1v) is 11.3. The fourth-order valence-electron chi connectivity index (χ4n) is 3.17. The predicted molar refractivity (Wildman–Crippen MR) is 110 cm³/mol. The molecule has 150 valence electrons. The number of nitrogens with two attached hydrogens (primary N) is 1. The molecular formula is C19H18FN5O2S2. The number of guanidine groups is 1. The number of thiophene rings is 1. The zero-order valence-corrected chi connectivity index (χ0v) is 17.2. The summed E-state index contributed by atoms with van der Waals surface area (Å²) in [6, 6.07) is 8.51. The molecule has 29 heavy (non-hydrogen) atoms. The van der Waals surface area contributed by atoms with E-state index in [4.69, 9.17) is 10.2 Å². The Labute approximate surface area is 173 Å². The van der Waals surface area contributed by atoms with Crippen molar-refractivity contribution in [3.8, 4) is 21.9 Å². The molecule has 0 bridgehead atoms. The van der Waals surface area contributed by atoms with E-state index in [2.05, 4.69) is 15.2 Å². The van der Waals surface area contributed by atoms with Crippen molar-refractivity contribution in [2.75, 3.05) is 12.8 Å². The maximum absolute atomic E-state index is 14.7. The van der Waals surface area contributed by atoms with Gasteiger partial charge >= 0.3 is 0 Å². The number of hydrogen-bond acceptors (Lipinski definition) is 7. The number of hydrogen-bond donors (Lipinski definition) is 1. The molecule has 7 nitrogen and oxygen atoms in total. The Kier molecular flexibility index (Phi) is 4.47. The molecule has 10 heteroatoms. The van der Waals surface area contributed by atoms with Crippen molar-refractivity contribution in [2.45, 2.75) is 24.8 Å². The van der Waals surface area contributed by atoms with Gasteiger partial charge < -0.3 is 10.2 Å². The number of aromatic nitrogens is 2. The van der Waals surface area contributed by atoms with Gasteiger partial charge in [-0.2, -0.15) is 0 Å². The van der Waals surface area contributed by atoms with Gasteiger partial charge in [0, 0.05) is 23.4 Å². The Balaban J connectivity index is 1.46. The van der Waals surface area contributed by atoms with Gasteiger partial charge in [0.1, 0.15) is 22.8 Å². The smallest absolute Gasteiger partial charge is 0.247 e. The van der Waals surface area contributed by atoms with E-state index in [1.807, 2.05) is 24.3 Å². The van der Waals surface area contributed by atoms with Crippen LogP contribution in [0.4, 0.5) is 4.39 Å². The Morgan fingerprint density at radius 2 is 2.07 bits per heavy atom. The van der Waals surface area contributed by atoms with Gasteiger partial charge in [0.25, 0.3) is 0 Å². The summed E-state index contributed by atoms with van der Waals surface area (Å²) < 4.78 is 34.0. The van der Waals surface area contributed by atoms with Gasteiger partial charge in [0.05, 0.1) is 10.6 Å². The monoisotopic (exact) mass is 431 g/mol. The zero-order chi connectivity index (χ0) is 20.1. The molecule has 5 rings (SSSR count). The van der Waals surface area contributed by atoms with E-state index >= 15 is 0 Å². The lowest BCUT2D eigenvalue weighted by atomic mass is 10.1. The summed E-state index contributed by atoms with van der Waals surface area (Å²) in [7, 11) is 0.286. The molecule has 0 saturated heterocycles. The molecule has 1 aliphatic heterocycles. The standard InChI is InChI=1S/C19H18FN5O2S2/c1-25-19(21)22-14(9-29(25)26)16-13(20)8-15(28-16)11-3-2-4-12(7-11)18-24-23-17(27-18)10-5-6-10/h2-4,7-8,10,14H,5-6,9H2,1H3,(H2,21,22). The topological polar surface area (TPSA) is 97.6 Å². The second-order valence-electron chi connectivity index (χ2n) is 7.11. The minimum absolute atomic E-state index is 0.152. The summed E-state index contributed by atoms with van der Waals surface area (Å²) in [5.41, 5.74) is 7.45. The van der Waals surface area contributed by atoms with Crippen LogP contribution in [0.3, 0.4) is 0 Å². The van der Waals surface area contributed by atoms with Crippen LogP contribution in [0.1, 0.15) is 35.6 Å². The number of nitrogens with zero attached hydrogens (tertiary/aromatic N) is 4. The number of halogens is 1. The zero-order valence-electron chi connectivity index (χ0n) is 15.5. The van der Waals surface area contributed by atoms with Gasteiger partial charge in [0.2, 0.25) is 17.7 Å². The number of rotatable bonds is 4. The van der Waals surface area contributed by atoms with Crippen LogP contribution in [0.2, 0.25) is 0 Å². The van der Waals surface area contributed by atoms with Crippen LogP contribution in [-0.4, -0.2) is 37.5 Å². The van der Waals surface area contributed by atoms with E-state index in [1.165, 1.54) is 21.7 Å². The fourth-order valence-corrected chi connectivity index (χ4v) is 5.34. The van der Waals surface area contributed by atoms with Crippen molar-refractivity contribution in [3.05, 3.63) is 46.9 Å². The summed E-state index contributed by atoms with van der Waals surface area (Å²) in [6.45, 7) is 0. The molecule has 1 fully saturated rings. The minimum Gasteiger partial charge on any atom is -0.420 e. The lowest BCUT2D eigenvalue weighted by molar-refractivity contribution is 0.508. The Morgan fingerprint density at radius 1 is 1.28 bits per heavy atom. The molecule has 1 aromatic carbocycles. The summed E-state index contributed by atoms with van der Waals surface area (Å²) in [6.07, 6.45) is 2.18. The van der Waals surface area contributed by atoms with Crippen molar-refractivity contribution in [1.29, 1.82) is 0 Å². The minimum atomic E-state index is -1.32. The molecular weight excluding hydrogens is 413 g/mol. The summed E-state index contributed by atoms with van der Waals surface area (Å²) in [5, 5.41) is 8.27. The van der Waals surface area contributed by atoms with Crippen LogP contribution in [0.5, 0.6) is 0 Å². The van der Waals surface area contributed by atoms with Gasteiger partial charge in [-0.3, -0.25) is 4.31 Å². The van der Waals surface area contributed by atoms with Crippen LogP contribution < -0.4 is 5.73 Å². The summed E-state index contributed by atoms with van der Waals surface area (Å²) >= 11 is 1.29. The van der Waals surface area contributed by atoms with Crippen LogP contribution in [0.25, 0.3) is 21.9 Å². The molecule has 0 radical (unpaired) electrons. The first kappa shape index (κ1) is 18.4. The van der Waals surface area contributed by atoms with Gasteiger partial charge in [-0.05, 0) is 36.6 Å². The normalized spacial score (nSPS) is 22.0. The van der Waals surface area contributed by atoms with Crippen LogP contribution in [-0.2, 0) is 11.0 Å². The summed E-state index contributed by atoms with van der Waals surface area (Å²) in [5.74, 6) is 1.53. The quantitative estimate of drug-likeness (QED) is 0.682. The highest BCUT2D eigenvalue weighted by Gasteiger charge is 2.30. The van der Waals surface area contributed by atoms with E-state index < -0.39 is 17.0 Å². The van der Waals surface area contributed by atoms with Crippen LogP contribution >= 0.6 is 11.3 Å². The van der Waals surface area contributed by atoms with Crippen molar-refractivity contribution >= 4 is 28.3 Å². The fraction of sp³-hybridized carbons (Fsp3) is 0.316. The second-order valence-corrected chi connectivity index (χ2v) is 9.72. The van der Waals surface area contributed by atoms with E-state index in [0.29, 0.717) is 22.6 Å². The molecule has 0 spiro atoms. The molecule has 2 atom stereocenters. The van der Waals surface area contributed by atoms with Crippen molar-refractivity contribution in [3.63, 3.8) is 0 Å². The van der Waals surface area contributed by atoms with E-state index in [-0.39, 0.29) is 17.5 Å². The third-order valence-electron chi connectivity index (χ3n) is 4.99. The highest BCUT2D eigenvalue weighted by molar-refractivity contribution is 7.83. The molecule has 1 aliphatic carbocycles. The van der Waals surface area contributed by atoms with E-state index in [1.54, 1.807) is 7.05 Å². The molecule has 1 saturated carbocycles. The van der Waals surface area contributed by atoms with Gasteiger partial charge in [0.15, 0.2) is 0 Å². The highest BCUT2D eigenvalue weighted by atomic mass is 32.2. The lowest BCUT2D eigenvalue weighted by Crippen LogP contribution is -2.41. The number of aliphatic imine (C=N–C) groups is 1. The van der Waals surface area contributed by atoms with Crippen LogP contribution in [0.15, 0.2) is 39.7 Å². The average Bonchev–Trinajstić information content (AvgIpc) is 3.31. The van der Waals surface area contributed by atoms with Gasteiger partial charge in [-0.15, -0.1) is 21.5 Å². The molecule has 2 aromatic heterocycles. The van der Waals surface area contributed by atoms with Crippen molar-refractivity contribution in [1.82, 2.24) is 14.5 Å². The lowest BCUT2D eigenvalue weighted by Gasteiger charge is -2.25. The molecule has 2 N–H and O–H groups in total. The van der Waals surface area contributed by atoms with Gasteiger partial charge in [-0.1, -0.05) is 12.1 Å². The van der Waals surface area contributed by atoms with Crippen LogP contribution in [0, 0.1) is 5.82 Å². The first-order valence-electron chi connectivity index (χ1n) is 9.18. The maximum Gasteiger partial charge on any atom is 0.247 e. The first-order chi connectivity index (χ1) is 14.0. The van der Waals surface area contributed by atoms with E-state index in [0.717, 1.165) is 28.8 Å². The third kappa shape index (κ3) is 3.46. The molecule has 2 aliphatic rings. The molecule has 2 unspecified atom stereocenters.